The molecular weight excluding hydrogens is 304 g/mol. The molecular formula is C14H18N4O3S. The topological polar surface area (TPSA) is 102 Å². The lowest BCUT2D eigenvalue weighted by Gasteiger charge is -2.15. The Morgan fingerprint density at radius 2 is 2.32 bits per heavy atom. The molecule has 0 saturated heterocycles. The average molecular weight is 322 g/mol. The third-order valence-electron chi connectivity index (χ3n) is 3.18. The molecule has 1 heterocycles. The number of nitrogens with one attached hydrogen (secondary N) is 1. The van der Waals surface area contributed by atoms with Crippen LogP contribution < -0.4 is 11.2 Å². The minimum absolute atomic E-state index is 0.0532. The van der Waals surface area contributed by atoms with Crippen LogP contribution in [0.4, 0.5) is 11.4 Å². The van der Waals surface area contributed by atoms with Crippen LogP contribution >= 0.6 is 11.9 Å². The van der Waals surface area contributed by atoms with Gasteiger partial charge in [-0.25, -0.2) is 5.43 Å². The number of benzene rings is 1. The minimum Gasteiger partial charge on any atom is -0.393 e. The van der Waals surface area contributed by atoms with Crippen molar-refractivity contribution in [2.45, 2.75) is 19.8 Å². The van der Waals surface area contributed by atoms with E-state index < -0.39 is 4.92 Å². The molecule has 3 N–H and O–H groups in total. The van der Waals surface area contributed by atoms with E-state index in [1.807, 2.05) is 10.5 Å². The molecule has 7 nitrogen and oxygen atoms in total. The normalized spacial score (nSPS) is 14.9. The molecule has 0 amide bonds. The van der Waals surface area contributed by atoms with E-state index in [0.29, 0.717) is 11.4 Å². The van der Waals surface area contributed by atoms with Gasteiger partial charge < -0.3 is 5.73 Å². The number of hydrazine groups is 1. The monoisotopic (exact) mass is 322 g/mol. The van der Waals surface area contributed by atoms with E-state index in [1.165, 1.54) is 30.1 Å². The van der Waals surface area contributed by atoms with E-state index >= 15 is 0 Å². The average Bonchev–Trinajstić information content (AvgIpc) is 2.96. The van der Waals surface area contributed by atoms with Crippen molar-refractivity contribution in [1.82, 2.24) is 9.84 Å². The molecule has 0 fully saturated rings. The number of hydrogen-bond donors (Lipinski definition) is 2. The van der Waals surface area contributed by atoms with E-state index in [4.69, 9.17) is 5.73 Å². The molecule has 8 heteroatoms. The Kier molecular flexibility index (Phi) is 5.53. The number of Topliss-reactive ketones (excluding diaryl/α,β-unsaturated/α-hetero) is 1. The second kappa shape index (κ2) is 7.39. The maximum atomic E-state index is 12.4. The predicted octanol–water partition coefficient (Wildman–Crippen LogP) is 2.51. The molecule has 0 unspecified atom stereocenters. The van der Waals surface area contributed by atoms with E-state index in [9.17, 15) is 14.9 Å². The Balaban J connectivity index is 2.04. The number of nitrogen functional groups attached to an aromatic ring is 1. The van der Waals surface area contributed by atoms with Crippen molar-refractivity contribution >= 4 is 29.1 Å². The molecule has 0 saturated carbocycles. The number of unbranched alkanes of at least 4 members (excludes halogenated alkanes) is 1. The highest BCUT2D eigenvalue weighted by Gasteiger charge is 2.24. The molecule has 22 heavy (non-hydrogen) atoms. The molecule has 0 aromatic heterocycles. The van der Waals surface area contributed by atoms with Crippen molar-refractivity contribution < 1.29 is 9.72 Å². The number of allylic oxidation sites excluding steroid dienone is 1. The number of hydrogen-bond acceptors (Lipinski definition) is 7. The molecule has 0 spiro atoms. The highest BCUT2D eigenvalue weighted by Crippen LogP contribution is 2.31. The van der Waals surface area contributed by atoms with Gasteiger partial charge in [0.05, 0.1) is 9.83 Å². The van der Waals surface area contributed by atoms with Crippen LogP contribution in [-0.4, -0.2) is 28.2 Å². The van der Waals surface area contributed by atoms with E-state index in [1.54, 1.807) is 0 Å². The summed E-state index contributed by atoms with van der Waals surface area (Å²) in [6.45, 7) is 3.58. The number of nitrogens with two attached hydrogens (primary N) is 1. The van der Waals surface area contributed by atoms with Gasteiger partial charge in [-0.3, -0.25) is 14.9 Å². The van der Waals surface area contributed by atoms with Gasteiger partial charge in [0, 0.05) is 24.7 Å². The summed E-state index contributed by atoms with van der Waals surface area (Å²) in [6.07, 6.45) is 3.97. The fourth-order valence-electron chi connectivity index (χ4n) is 1.96. The summed E-state index contributed by atoms with van der Waals surface area (Å²) >= 11 is 1.32. The zero-order chi connectivity index (χ0) is 16.1. The Morgan fingerprint density at radius 3 is 3.00 bits per heavy atom. The largest absolute Gasteiger partial charge is 0.393 e. The van der Waals surface area contributed by atoms with Gasteiger partial charge in [-0.05, 0) is 36.6 Å². The van der Waals surface area contributed by atoms with Crippen LogP contribution in [0.3, 0.4) is 0 Å². The first kappa shape index (κ1) is 16.5. The first-order valence-electron chi connectivity index (χ1n) is 7.00. The number of rotatable bonds is 7. The zero-order valence-electron chi connectivity index (χ0n) is 12.2. The third kappa shape index (κ3) is 3.85. The Hall–Kier alpha value is -1.90. The van der Waals surface area contributed by atoms with Gasteiger partial charge in [0.15, 0.2) is 0 Å². The van der Waals surface area contributed by atoms with Gasteiger partial charge in [-0.1, -0.05) is 13.3 Å². The van der Waals surface area contributed by atoms with Crippen molar-refractivity contribution in [3.05, 3.63) is 44.9 Å². The standard InChI is InChI=1S/C14H18N4O3S/c1-2-3-7-16-17-8-6-13(22-17)14(19)10-4-5-11(15)12(9-10)18(20)21/h4-6,9,16H,2-3,7-8,15H2,1H3. The number of carbonyl (C=O) groups excluding carboxylic acids is 1. The van der Waals surface area contributed by atoms with Crippen LogP contribution in [-0.2, 0) is 0 Å². The zero-order valence-corrected chi connectivity index (χ0v) is 13.1. The van der Waals surface area contributed by atoms with E-state index in [2.05, 4.69) is 12.3 Å². The molecule has 1 aromatic carbocycles. The van der Waals surface area contributed by atoms with Crippen molar-refractivity contribution in [3.63, 3.8) is 0 Å². The maximum absolute atomic E-state index is 12.4. The smallest absolute Gasteiger partial charge is 0.292 e. The summed E-state index contributed by atoms with van der Waals surface area (Å²) in [4.78, 5) is 23.3. The summed E-state index contributed by atoms with van der Waals surface area (Å²) in [7, 11) is 0. The van der Waals surface area contributed by atoms with Gasteiger partial charge in [-0.2, -0.15) is 4.41 Å². The van der Waals surface area contributed by atoms with E-state index in [0.717, 1.165) is 19.4 Å². The fraction of sp³-hybridized carbons (Fsp3) is 0.357. The Labute approximate surface area is 132 Å². The SMILES string of the molecule is CCCCNN1CC=C(C(=O)c2ccc(N)c([N+](=O)[O-])c2)S1. The Bertz CT molecular complexity index is 618. The minimum atomic E-state index is -0.582. The van der Waals surface area contributed by atoms with Gasteiger partial charge in [0.25, 0.3) is 5.69 Å². The quantitative estimate of drug-likeness (QED) is 0.199. The lowest BCUT2D eigenvalue weighted by molar-refractivity contribution is -0.383. The van der Waals surface area contributed by atoms with Crippen LogP contribution in [0.1, 0.15) is 30.1 Å². The van der Waals surface area contributed by atoms with Gasteiger partial charge in [0.1, 0.15) is 5.69 Å². The van der Waals surface area contributed by atoms with Crippen molar-refractivity contribution in [3.8, 4) is 0 Å². The predicted molar refractivity (Wildman–Crippen MR) is 87.1 cm³/mol. The first-order valence-corrected chi connectivity index (χ1v) is 7.78. The number of carbonyl (C=O) groups is 1. The van der Waals surface area contributed by atoms with Crippen LogP contribution in [0.25, 0.3) is 0 Å². The van der Waals surface area contributed by atoms with Crippen LogP contribution in [0.15, 0.2) is 29.2 Å². The Morgan fingerprint density at radius 1 is 1.55 bits per heavy atom. The molecule has 0 aliphatic carbocycles. The highest BCUT2D eigenvalue weighted by molar-refractivity contribution is 8.02. The molecule has 1 aliphatic rings. The molecule has 0 atom stereocenters. The van der Waals surface area contributed by atoms with Crippen molar-refractivity contribution in [2.24, 2.45) is 0 Å². The lowest BCUT2D eigenvalue weighted by Crippen LogP contribution is -2.30. The second-order valence-electron chi connectivity index (χ2n) is 4.84. The van der Waals surface area contributed by atoms with Gasteiger partial charge in [-0.15, -0.1) is 0 Å². The first-order chi connectivity index (χ1) is 10.5. The summed E-state index contributed by atoms with van der Waals surface area (Å²) in [6, 6.07) is 4.13. The molecule has 118 valence electrons. The molecule has 2 rings (SSSR count). The summed E-state index contributed by atoms with van der Waals surface area (Å²) in [5, 5.41) is 10.9. The van der Waals surface area contributed by atoms with E-state index in [-0.39, 0.29) is 22.7 Å². The second-order valence-corrected chi connectivity index (χ2v) is 5.91. The number of nitro groups is 1. The number of nitrogens with zero attached hydrogens (tertiary/aromatic N) is 2. The molecule has 1 aromatic rings. The van der Waals surface area contributed by atoms with Gasteiger partial charge in [0.2, 0.25) is 5.78 Å². The molecule has 0 radical (unpaired) electrons. The summed E-state index contributed by atoms with van der Waals surface area (Å²) in [5.74, 6) is -0.229. The molecule has 1 aliphatic heterocycles. The maximum Gasteiger partial charge on any atom is 0.292 e. The summed E-state index contributed by atoms with van der Waals surface area (Å²) in [5.41, 5.74) is 8.85. The number of anilines is 1. The fourth-order valence-corrected chi connectivity index (χ4v) is 2.85. The number of nitro benzene ring substituents is 1. The van der Waals surface area contributed by atoms with Crippen molar-refractivity contribution in [2.75, 3.05) is 18.8 Å². The molecule has 0 bridgehead atoms. The third-order valence-corrected chi connectivity index (χ3v) is 4.23. The van der Waals surface area contributed by atoms with Gasteiger partial charge >= 0.3 is 0 Å². The lowest BCUT2D eigenvalue weighted by atomic mass is 10.1. The van der Waals surface area contributed by atoms with Crippen LogP contribution in [0.5, 0.6) is 0 Å². The van der Waals surface area contributed by atoms with Crippen LogP contribution in [0, 0.1) is 10.1 Å². The van der Waals surface area contributed by atoms with Crippen LogP contribution in [0.2, 0.25) is 0 Å². The number of ketones is 1. The summed E-state index contributed by atoms with van der Waals surface area (Å²) < 4.78 is 1.88. The highest BCUT2D eigenvalue weighted by atomic mass is 32.2. The van der Waals surface area contributed by atoms with Crippen molar-refractivity contribution in [1.29, 1.82) is 0 Å².